The Labute approximate surface area is 120 Å². The molecule has 0 bridgehead atoms. The Kier molecular flexibility index (Phi) is 4.67. The highest BCUT2D eigenvalue weighted by molar-refractivity contribution is 7.99. The van der Waals surface area contributed by atoms with Crippen molar-refractivity contribution in [2.45, 2.75) is 18.2 Å². The van der Waals surface area contributed by atoms with Crippen LogP contribution in [0.15, 0.2) is 28.7 Å². The summed E-state index contributed by atoms with van der Waals surface area (Å²) in [4.78, 5) is 12.1. The average molecular weight is 297 g/mol. The van der Waals surface area contributed by atoms with Crippen LogP contribution in [0, 0.1) is 5.82 Å². The minimum absolute atomic E-state index is 0.0304. The summed E-state index contributed by atoms with van der Waals surface area (Å²) >= 11 is 1.47. The van der Waals surface area contributed by atoms with E-state index >= 15 is 0 Å². The van der Waals surface area contributed by atoms with Crippen LogP contribution >= 0.6 is 11.8 Å². The molecule has 2 N–H and O–H groups in total. The van der Waals surface area contributed by atoms with Crippen LogP contribution in [-0.2, 0) is 0 Å². The molecular weight excluding hydrogens is 281 g/mol. The fourth-order valence-electron chi connectivity index (χ4n) is 1.95. The summed E-state index contributed by atoms with van der Waals surface area (Å²) in [5, 5.41) is 12.4. The predicted molar refractivity (Wildman–Crippen MR) is 77.5 cm³/mol. The summed E-state index contributed by atoms with van der Waals surface area (Å²) < 4.78 is 18.8. The van der Waals surface area contributed by atoms with Crippen LogP contribution in [0.4, 0.5) is 4.39 Å². The van der Waals surface area contributed by atoms with Gasteiger partial charge in [0.15, 0.2) is 17.2 Å². The lowest BCUT2D eigenvalue weighted by atomic mass is 10.2. The predicted octanol–water partition coefficient (Wildman–Crippen LogP) is 2.41. The monoisotopic (exact) mass is 297 g/mol. The van der Waals surface area contributed by atoms with Gasteiger partial charge in [0.25, 0.3) is 5.91 Å². The summed E-state index contributed by atoms with van der Waals surface area (Å²) in [6.45, 7) is 1.77. The SMILES string of the molecule is CSC(CO)C(C)NC(=O)c1cc2cccc(F)c2o1. The number of aliphatic hydroxyl groups excluding tert-OH is 1. The molecule has 20 heavy (non-hydrogen) atoms. The fraction of sp³-hybridized carbons (Fsp3) is 0.357. The molecule has 0 radical (unpaired) electrons. The number of furan rings is 1. The summed E-state index contributed by atoms with van der Waals surface area (Å²) in [6.07, 6.45) is 1.86. The second kappa shape index (κ2) is 6.28. The van der Waals surface area contributed by atoms with E-state index in [-0.39, 0.29) is 29.2 Å². The Morgan fingerprint density at radius 2 is 2.30 bits per heavy atom. The van der Waals surface area contributed by atoms with E-state index in [4.69, 9.17) is 4.42 Å². The van der Waals surface area contributed by atoms with Gasteiger partial charge in [0.05, 0.1) is 6.61 Å². The molecule has 0 aliphatic heterocycles. The number of para-hydroxylation sites is 1. The zero-order valence-electron chi connectivity index (χ0n) is 11.2. The number of fused-ring (bicyclic) bond motifs is 1. The normalized spacial score (nSPS) is 14.2. The summed E-state index contributed by atoms with van der Waals surface area (Å²) in [6, 6.07) is 5.81. The lowest BCUT2D eigenvalue weighted by Crippen LogP contribution is -2.41. The van der Waals surface area contributed by atoms with Crippen molar-refractivity contribution in [1.29, 1.82) is 0 Å². The molecule has 2 unspecified atom stereocenters. The van der Waals surface area contributed by atoms with Crippen molar-refractivity contribution in [3.05, 3.63) is 35.8 Å². The first kappa shape index (κ1) is 14.9. The van der Waals surface area contributed by atoms with Crippen LogP contribution in [0.1, 0.15) is 17.5 Å². The van der Waals surface area contributed by atoms with Crippen molar-refractivity contribution in [3.63, 3.8) is 0 Å². The fourth-order valence-corrected chi connectivity index (χ4v) is 2.57. The number of nitrogens with one attached hydrogen (secondary N) is 1. The van der Waals surface area contributed by atoms with E-state index in [2.05, 4.69) is 5.32 Å². The van der Waals surface area contributed by atoms with Gasteiger partial charge in [-0.1, -0.05) is 12.1 Å². The van der Waals surface area contributed by atoms with Crippen molar-refractivity contribution >= 4 is 28.6 Å². The van der Waals surface area contributed by atoms with Gasteiger partial charge < -0.3 is 14.8 Å². The maximum Gasteiger partial charge on any atom is 0.287 e. The van der Waals surface area contributed by atoms with Gasteiger partial charge >= 0.3 is 0 Å². The molecular formula is C14H16FNO3S. The Balaban J connectivity index is 2.17. The van der Waals surface area contributed by atoms with Crippen molar-refractivity contribution in [3.8, 4) is 0 Å². The van der Waals surface area contributed by atoms with Gasteiger partial charge in [0.2, 0.25) is 0 Å². The molecule has 0 saturated carbocycles. The largest absolute Gasteiger partial charge is 0.448 e. The number of amides is 1. The molecule has 0 fully saturated rings. The van der Waals surface area contributed by atoms with Crippen molar-refractivity contribution in [2.75, 3.05) is 12.9 Å². The van der Waals surface area contributed by atoms with Crippen LogP contribution in [-0.4, -0.2) is 35.2 Å². The number of hydrogen-bond acceptors (Lipinski definition) is 4. The summed E-state index contributed by atoms with van der Waals surface area (Å²) in [5.74, 6) is -0.845. The van der Waals surface area contributed by atoms with E-state index in [1.807, 2.05) is 6.26 Å². The van der Waals surface area contributed by atoms with Gasteiger partial charge in [0.1, 0.15) is 0 Å². The van der Waals surface area contributed by atoms with Gasteiger partial charge in [-0.05, 0) is 25.3 Å². The molecule has 2 aromatic rings. The Bertz CT molecular complexity index is 609. The molecule has 108 valence electrons. The third-order valence-corrected chi connectivity index (χ3v) is 4.28. The number of aliphatic hydroxyl groups is 1. The van der Waals surface area contributed by atoms with E-state index in [0.717, 1.165) is 0 Å². The van der Waals surface area contributed by atoms with Crippen molar-refractivity contribution in [2.24, 2.45) is 0 Å². The number of halogens is 1. The van der Waals surface area contributed by atoms with E-state index in [0.29, 0.717) is 5.39 Å². The van der Waals surface area contributed by atoms with E-state index in [9.17, 15) is 14.3 Å². The van der Waals surface area contributed by atoms with Gasteiger partial charge in [-0.2, -0.15) is 11.8 Å². The number of hydrogen-bond donors (Lipinski definition) is 2. The maximum absolute atomic E-state index is 13.5. The number of benzene rings is 1. The first-order chi connectivity index (χ1) is 9.56. The van der Waals surface area contributed by atoms with Crippen LogP contribution < -0.4 is 5.32 Å². The molecule has 4 nitrogen and oxygen atoms in total. The lowest BCUT2D eigenvalue weighted by Gasteiger charge is -2.20. The quantitative estimate of drug-likeness (QED) is 0.889. The third kappa shape index (κ3) is 2.96. The topological polar surface area (TPSA) is 62.5 Å². The number of carbonyl (C=O) groups is 1. The standard InChI is InChI=1S/C14H16FNO3S/c1-8(12(7-17)20-2)16-14(18)11-6-9-4-3-5-10(15)13(9)19-11/h3-6,8,12,17H,7H2,1-2H3,(H,16,18). The van der Waals surface area contributed by atoms with Crippen LogP contribution in [0.25, 0.3) is 11.0 Å². The molecule has 1 aromatic carbocycles. The average Bonchev–Trinajstić information content (AvgIpc) is 2.85. The number of thioether (sulfide) groups is 1. The molecule has 1 amide bonds. The molecule has 0 saturated heterocycles. The van der Waals surface area contributed by atoms with E-state index in [1.54, 1.807) is 19.1 Å². The second-order valence-electron chi connectivity index (χ2n) is 4.49. The number of rotatable bonds is 5. The van der Waals surface area contributed by atoms with Crippen LogP contribution in [0.2, 0.25) is 0 Å². The smallest absolute Gasteiger partial charge is 0.287 e. The molecule has 2 atom stereocenters. The Hall–Kier alpha value is -1.53. The summed E-state index contributed by atoms with van der Waals surface area (Å²) in [5.41, 5.74) is 0.0777. The van der Waals surface area contributed by atoms with Gasteiger partial charge in [-0.15, -0.1) is 0 Å². The molecule has 0 aliphatic carbocycles. The highest BCUT2D eigenvalue weighted by atomic mass is 32.2. The molecule has 0 spiro atoms. The van der Waals surface area contributed by atoms with Crippen LogP contribution in [0.3, 0.4) is 0 Å². The van der Waals surface area contributed by atoms with Crippen molar-refractivity contribution < 1.29 is 18.7 Å². The zero-order chi connectivity index (χ0) is 14.7. The highest BCUT2D eigenvalue weighted by Crippen LogP contribution is 2.22. The van der Waals surface area contributed by atoms with E-state index in [1.165, 1.54) is 23.9 Å². The Morgan fingerprint density at radius 3 is 2.90 bits per heavy atom. The minimum atomic E-state index is -0.494. The lowest BCUT2D eigenvalue weighted by molar-refractivity contribution is 0.0910. The molecule has 6 heteroatoms. The summed E-state index contributed by atoms with van der Waals surface area (Å²) in [7, 11) is 0. The third-order valence-electron chi connectivity index (χ3n) is 3.12. The Morgan fingerprint density at radius 1 is 1.55 bits per heavy atom. The van der Waals surface area contributed by atoms with Crippen molar-refractivity contribution in [1.82, 2.24) is 5.32 Å². The number of carbonyl (C=O) groups excluding carboxylic acids is 1. The van der Waals surface area contributed by atoms with Gasteiger partial charge in [0, 0.05) is 16.7 Å². The molecule has 2 rings (SSSR count). The maximum atomic E-state index is 13.5. The first-order valence-electron chi connectivity index (χ1n) is 6.19. The van der Waals surface area contributed by atoms with Gasteiger partial charge in [-0.25, -0.2) is 4.39 Å². The first-order valence-corrected chi connectivity index (χ1v) is 7.48. The van der Waals surface area contributed by atoms with Gasteiger partial charge in [-0.3, -0.25) is 4.79 Å². The molecule has 1 heterocycles. The second-order valence-corrected chi connectivity index (χ2v) is 5.56. The molecule has 0 aliphatic rings. The van der Waals surface area contributed by atoms with Crippen LogP contribution in [0.5, 0.6) is 0 Å². The zero-order valence-corrected chi connectivity index (χ0v) is 12.0. The van der Waals surface area contributed by atoms with E-state index < -0.39 is 11.7 Å². The molecule has 1 aromatic heterocycles. The minimum Gasteiger partial charge on any atom is -0.448 e. The highest BCUT2D eigenvalue weighted by Gasteiger charge is 2.20.